The number of carbonyl (C=O) groups is 2. The van der Waals surface area contributed by atoms with Crippen molar-refractivity contribution in [3.63, 3.8) is 0 Å². The standard InChI is InChI=1S/C21H27N9O2S/c1-2-5-25-21(20(23)32)3-6-30(7-4-21)17-15(8-14(22)11-24-17)28-18(31)16-12-33-19(29-16)13-9-26-27-10-13/h8-12,25H,2-7,22H2,1H3,(H2,23,32)(H,26,27)(H,28,31). The van der Waals surface area contributed by atoms with Crippen molar-refractivity contribution in [1.82, 2.24) is 25.5 Å². The van der Waals surface area contributed by atoms with Crippen LogP contribution in [0.2, 0.25) is 0 Å². The minimum atomic E-state index is -0.728. The first-order valence-corrected chi connectivity index (χ1v) is 11.6. The lowest BCUT2D eigenvalue weighted by atomic mass is 9.86. The van der Waals surface area contributed by atoms with Crippen molar-refractivity contribution >= 4 is 40.3 Å². The molecule has 1 aliphatic rings. The first-order chi connectivity index (χ1) is 15.9. The first kappa shape index (κ1) is 22.7. The second-order valence-corrected chi connectivity index (χ2v) is 8.84. The number of aromatic nitrogens is 4. The van der Waals surface area contributed by atoms with Gasteiger partial charge in [-0.25, -0.2) is 9.97 Å². The topological polar surface area (TPSA) is 168 Å². The molecule has 0 spiro atoms. The van der Waals surface area contributed by atoms with E-state index in [1.54, 1.807) is 30.0 Å². The van der Waals surface area contributed by atoms with Crippen molar-refractivity contribution < 1.29 is 9.59 Å². The number of pyridine rings is 1. The van der Waals surface area contributed by atoms with E-state index in [0.29, 0.717) is 53.8 Å². The third-order valence-electron chi connectivity index (χ3n) is 5.72. The van der Waals surface area contributed by atoms with E-state index in [2.05, 4.69) is 30.8 Å². The van der Waals surface area contributed by atoms with E-state index < -0.39 is 5.54 Å². The van der Waals surface area contributed by atoms with Crippen molar-refractivity contribution in [2.24, 2.45) is 5.73 Å². The van der Waals surface area contributed by atoms with Gasteiger partial charge < -0.3 is 27.0 Å². The Bertz CT molecular complexity index is 1120. The van der Waals surface area contributed by atoms with E-state index in [4.69, 9.17) is 11.5 Å². The third-order valence-corrected chi connectivity index (χ3v) is 6.61. The molecule has 0 aromatic carbocycles. The van der Waals surface area contributed by atoms with Crippen molar-refractivity contribution in [3.8, 4) is 10.6 Å². The number of amides is 2. The second-order valence-electron chi connectivity index (χ2n) is 7.98. The maximum atomic E-state index is 12.9. The van der Waals surface area contributed by atoms with Gasteiger partial charge in [0.15, 0.2) is 5.82 Å². The molecular weight excluding hydrogens is 442 g/mol. The number of anilines is 3. The number of hydrogen-bond acceptors (Lipinski definition) is 9. The normalized spacial score (nSPS) is 15.4. The van der Waals surface area contributed by atoms with Gasteiger partial charge in [0.25, 0.3) is 5.91 Å². The highest BCUT2D eigenvalue weighted by atomic mass is 32.1. The number of nitrogens with two attached hydrogens (primary N) is 2. The number of nitrogen functional groups attached to an aromatic ring is 1. The molecule has 3 aromatic heterocycles. The van der Waals surface area contributed by atoms with Crippen molar-refractivity contribution in [3.05, 3.63) is 35.7 Å². The summed E-state index contributed by atoms with van der Waals surface area (Å²) in [4.78, 5) is 36.0. The van der Waals surface area contributed by atoms with Crippen LogP contribution in [0.5, 0.6) is 0 Å². The van der Waals surface area contributed by atoms with Crippen LogP contribution in [0.15, 0.2) is 30.0 Å². The highest BCUT2D eigenvalue weighted by molar-refractivity contribution is 7.13. The zero-order valence-corrected chi connectivity index (χ0v) is 19.1. The Balaban J connectivity index is 1.50. The maximum absolute atomic E-state index is 12.9. The number of primary amides is 1. The summed E-state index contributed by atoms with van der Waals surface area (Å²) in [6.07, 6.45) is 6.92. The van der Waals surface area contributed by atoms with Crippen LogP contribution in [0.3, 0.4) is 0 Å². The summed E-state index contributed by atoms with van der Waals surface area (Å²) < 4.78 is 0. The minimum absolute atomic E-state index is 0.291. The van der Waals surface area contributed by atoms with Gasteiger partial charge in [-0.2, -0.15) is 5.10 Å². The van der Waals surface area contributed by atoms with Gasteiger partial charge in [0, 0.05) is 30.2 Å². The van der Waals surface area contributed by atoms with E-state index in [0.717, 1.165) is 18.5 Å². The van der Waals surface area contributed by atoms with E-state index >= 15 is 0 Å². The van der Waals surface area contributed by atoms with Gasteiger partial charge in [-0.3, -0.25) is 14.7 Å². The Labute approximate surface area is 195 Å². The number of aromatic amines is 1. The van der Waals surface area contributed by atoms with Gasteiger partial charge in [-0.05, 0) is 31.9 Å². The van der Waals surface area contributed by atoms with Crippen LogP contribution in [0.25, 0.3) is 10.6 Å². The summed E-state index contributed by atoms with van der Waals surface area (Å²) in [7, 11) is 0. The summed E-state index contributed by atoms with van der Waals surface area (Å²) in [6, 6.07) is 1.68. The van der Waals surface area contributed by atoms with Gasteiger partial charge in [-0.15, -0.1) is 11.3 Å². The maximum Gasteiger partial charge on any atom is 0.275 e. The second kappa shape index (κ2) is 9.55. The molecule has 174 valence electrons. The molecular formula is C21H27N9O2S. The largest absolute Gasteiger partial charge is 0.397 e. The molecule has 12 heteroatoms. The average molecular weight is 470 g/mol. The number of rotatable bonds is 8. The Morgan fingerprint density at radius 3 is 2.76 bits per heavy atom. The molecule has 11 nitrogen and oxygen atoms in total. The van der Waals surface area contributed by atoms with Crippen molar-refractivity contribution in [1.29, 1.82) is 0 Å². The summed E-state index contributed by atoms with van der Waals surface area (Å²) >= 11 is 1.36. The molecule has 0 atom stereocenters. The van der Waals surface area contributed by atoms with Crippen LogP contribution in [0, 0.1) is 0 Å². The highest BCUT2D eigenvalue weighted by Gasteiger charge is 2.40. The number of nitrogens with one attached hydrogen (secondary N) is 3. The summed E-state index contributed by atoms with van der Waals surface area (Å²) in [6.45, 7) is 3.88. The molecule has 1 saturated heterocycles. The molecule has 0 aliphatic carbocycles. The van der Waals surface area contributed by atoms with Crippen LogP contribution in [-0.4, -0.2) is 57.2 Å². The molecule has 0 saturated carbocycles. The third kappa shape index (κ3) is 4.81. The number of piperidine rings is 1. The van der Waals surface area contributed by atoms with Crippen LogP contribution in [0.1, 0.15) is 36.7 Å². The van der Waals surface area contributed by atoms with Gasteiger partial charge in [0.1, 0.15) is 16.2 Å². The van der Waals surface area contributed by atoms with Crippen LogP contribution in [-0.2, 0) is 4.79 Å². The van der Waals surface area contributed by atoms with Gasteiger partial charge in [0.05, 0.1) is 23.8 Å². The molecule has 7 N–H and O–H groups in total. The molecule has 2 amide bonds. The van der Waals surface area contributed by atoms with E-state index in [-0.39, 0.29) is 11.8 Å². The number of hydrogen-bond donors (Lipinski definition) is 5. The zero-order valence-electron chi connectivity index (χ0n) is 18.3. The Morgan fingerprint density at radius 2 is 2.09 bits per heavy atom. The molecule has 0 bridgehead atoms. The zero-order chi connectivity index (χ0) is 23.4. The van der Waals surface area contributed by atoms with Crippen molar-refractivity contribution in [2.75, 3.05) is 35.6 Å². The van der Waals surface area contributed by atoms with E-state index in [1.165, 1.54) is 11.3 Å². The SMILES string of the molecule is CCCNC1(C(N)=O)CCN(c2ncc(N)cc2NC(=O)c2csc(-c3cn[nH]c3)n2)CC1. The smallest absolute Gasteiger partial charge is 0.275 e. The summed E-state index contributed by atoms with van der Waals surface area (Å²) in [5, 5.41) is 15.2. The average Bonchev–Trinajstić information content (AvgIpc) is 3.50. The predicted molar refractivity (Wildman–Crippen MR) is 128 cm³/mol. The molecule has 0 unspecified atom stereocenters. The molecule has 4 heterocycles. The lowest BCUT2D eigenvalue weighted by Crippen LogP contribution is -2.61. The number of thiazole rings is 1. The fourth-order valence-corrected chi connectivity index (χ4v) is 4.64. The number of H-pyrrole nitrogens is 1. The molecule has 1 fully saturated rings. The van der Waals surface area contributed by atoms with E-state index in [1.807, 2.05) is 11.8 Å². The minimum Gasteiger partial charge on any atom is -0.397 e. The fraction of sp³-hybridized carbons (Fsp3) is 0.381. The van der Waals surface area contributed by atoms with Gasteiger partial charge >= 0.3 is 0 Å². The number of carbonyl (C=O) groups excluding carboxylic acids is 2. The van der Waals surface area contributed by atoms with Crippen LogP contribution < -0.4 is 27.0 Å². The molecule has 1 aliphatic heterocycles. The molecule has 3 aromatic rings. The molecule has 0 radical (unpaired) electrons. The summed E-state index contributed by atoms with van der Waals surface area (Å²) in [5.41, 5.74) is 13.0. The fourth-order valence-electron chi connectivity index (χ4n) is 3.86. The van der Waals surface area contributed by atoms with Crippen LogP contribution >= 0.6 is 11.3 Å². The summed E-state index contributed by atoms with van der Waals surface area (Å²) in [5.74, 6) is -0.106. The Kier molecular flexibility index (Phi) is 6.56. The monoisotopic (exact) mass is 469 g/mol. The Morgan fingerprint density at radius 1 is 1.30 bits per heavy atom. The molecule has 4 rings (SSSR count). The first-order valence-electron chi connectivity index (χ1n) is 10.7. The molecule has 33 heavy (non-hydrogen) atoms. The lowest BCUT2D eigenvalue weighted by Gasteiger charge is -2.41. The quantitative estimate of drug-likeness (QED) is 0.331. The Hall–Kier alpha value is -3.51. The van der Waals surface area contributed by atoms with Crippen molar-refractivity contribution in [2.45, 2.75) is 31.7 Å². The number of nitrogens with zero attached hydrogens (tertiary/aromatic N) is 4. The van der Waals surface area contributed by atoms with Crippen LogP contribution in [0.4, 0.5) is 17.2 Å². The predicted octanol–water partition coefficient (Wildman–Crippen LogP) is 1.59. The lowest BCUT2D eigenvalue weighted by molar-refractivity contribution is -0.125. The van der Waals surface area contributed by atoms with E-state index in [9.17, 15) is 9.59 Å². The van der Waals surface area contributed by atoms with Gasteiger partial charge in [0.2, 0.25) is 5.91 Å². The highest BCUT2D eigenvalue weighted by Crippen LogP contribution is 2.32. The van der Waals surface area contributed by atoms with Gasteiger partial charge in [-0.1, -0.05) is 6.92 Å².